The van der Waals surface area contributed by atoms with Crippen molar-refractivity contribution in [3.05, 3.63) is 82.9 Å². The van der Waals surface area contributed by atoms with Crippen LogP contribution in [0.2, 0.25) is 0 Å². The predicted octanol–water partition coefficient (Wildman–Crippen LogP) is 4.50. The molecular formula is C25H26N6O3S3. The molecule has 1 aliphatic heterocycles. The third-order valence-electron chi connectivity index (χ3n) is 6.26. The van der Waals surface area contributed by atoms with Crippen LogP contribution < -0.4 is 19.7 Å². The van der Waals surface area contributed by atoms with Crippen LogP contribution in [0.15, 0.2) is 60.2 Å². The highest BCUT2D eigenvalue weighted by Crippen LogP contribution is 2.45. The zero-order valence-electron chi connectivity index (χ0n) is 20.7. The third kappa shape index (κ3) is 4.79. The average molecular weight is 555 g/mol. The first kappa shape index (κ1) is 25.2. The molecule has 2 N–H and O–H groups in total. The highest BCUT2D eigenvalue weighted by atomic mass is 32.2. The Balaban J connectivity index is 1.66. The minimum atomic E-state index is -3.48. The zero-order valence-corrected chi connectivity index (χ0v) is 23.1. The van der Waals surface area contributed by atoms with Crippen molar-refractivity contribution in [1.82, 2.24) is 19.9 Å². The zero-order chi connectivity index (χ0) is 26.3. The van der Waals surface area contributed by atoms with Crippen molar-refractivity contribution >= 4 is 50.1 Å². The minimum Gasteiger partial charge on any atom is -0.494 e. The standard InChI is InChI=1S/C25H26N6O3S3/c1-15-13-18(16(2)30(15)25-27-11-12-36-25)23-22(20-7-5-6-10-26-20)28-24(35)31(23)17-8-9-19(21(14-17)34-3)29-37(4,32)33/h5-14,22-23,29H,1-4H3,(H,28,35)/t22-,23-/m1/s1. The Labute approximate surface area is 225 Å². The van der Waals surface area contributed by atoms with Gasteiger partial charge in [-0.2, -0.15) is 0 Å². The summed E-state index contributed by atoms with van der Waals surface area (Å²) in [7, 11) is -1.97. The molecule has 3 aromatic heterocycles. The molecule has 1 fully saturated rings. The fraction of sp³-hybridized carbons (Fsp3) is 0.240. The van der Waals surface area contributed by atoms with Crippen LogP contribution in [0.25, 0.3) is 5.13 Å². The van der Waals surface area contributed by atoms with Crippen LogP contribution in [-0.4, -0.2) is 41.4 Å². The normalized spacial score (nSPS) is 17.6. The van der Waals surface area contributed by atoms with E-state index in [0.717, 1.165) is 39.7 Å². The lowest BCUT2D eigenvalue weighted by Crippen LogP contribution is -2.29. The Kier molecular flexibility index (Phi) is 6.65. The summed E-state index contributed by atoms with van der Waals surface area (Å²) in [4.78, 5) is 11.2. The molecule has 0 aliphatic carbocycles. The molecule has 0 saturated carbocycles. The first-order chi connectivity index (χ1) is 17.7. The van der Waals surface area contributed by atoms with Crippen molar-refractivity contribution in [3.8, 4) is 10.9 Å². The number of nitrogens with zero attached hydrogens (tertiary/aromatic N) is 4. The van der Waals surface area contributed by atoms with Gasteiger partial charge in [-0.1, -0.05) is 6.07 Å². The molecule has 0 spiro atoms. The van der Waals surface area contributed by atoms with Gasteiger partial charge in [0.2, 0.25) is 10.0 Å². The summed E-state index contributed by atoms with van der Waals surface area (Å²) in [6.45, 7) is 4.14. The molecule has 192 valence electrons. The van der Waals surface area contributed by atoms with Gasteiger partial charge in [0, 0.05) is 40.9 Å². The third-order valence-corrected chi connectivity index (χ3v) is 7.92. The second-order valence-electron chi connectivity index (χ2n) is 8.73. The van der Waals surface area contributed by atoms with Gasteiger partial charge in [-0.3, -0.25) is 14.3 Å². The Morgan fingerprint density at radius 3 is 2.59 bits per heavy atom. The molecule has 0 amide bonds. The number of benzene rings is 1. The van der Waals surface area contributed by atoms with Gasteiger partial charge >= 0.3 is 0 Å². The van der Waals surface area contributed by atoms with Crippen molar-refractivity contribution in [2.45, 2.75) is 25.9 Å². The van der Waals surface area contributed by atoms with Crippen LogP contribution in [0.5, 0.6) is 5.75 Å². The van der Waals surface area contributed by atoms with Gasteiger partial charge in [-0.15, -0.1) is 11.3 Å². The topological polar surface area (TPSA) is 101 Å². The molecule has 0 bridgehead atoms. The van der Waals surface area contributed by atoms with Crippen LogP contribution in [0, 0.1) is 13.8 Å². The molecule has 9 nitrogen and oxygen atoms in total. The molecule has 4 heterocycles. The van der Waals surface area contributed by atoms with Gasteiger partial charge in [0.25, 0.3) is 0 Å². The van der Waals surface area contributed by atoms with E-state index in [0.29, 0.717) is 16.5 Å². The molecule has 1 saturated heterocycles. The maximum absolute atomic E-state index is 11.8. The number of methoxy groups -OCH3 is 1. The fourth-order valence-corrected chi connectivity index (χ4v) is 6.44. The average Bonchev–Trinajstić information content (AvgIpc) is 3.57. The number of ether oxygens (including phenoxy) is 1. The molecule has 4 aromatic rings. The number of thiocarbonyl (C=S) groups is 1. The Morgan fingerprint density at radius 1 is 1.14 bits per heavy atom. The van der Waals surface area contributed by atoms with Crippen LogP contribution in [0.1, 0.15) is 34.7 Å². The van der Waals surface area contributed by atoms with E-state index >= 15 is 0 Å². The van der Waals surface area contributed by atoms with Crippen molar-refractivity contribution < 1.29 is 13.2 Å². The van der Waals surface area contributed by atoms with E-state index in [1.165, 1.54) is 7.11 Å². The largest absolute Gasteiger partial charge is 0.494 e. The molecule has 37 heavy (non-hydrogen) atoms. The number of nitrogens with one attached hydrogen (secondary N) is 2. The van der Waals surface area contributed by atoms with Crippen LogP contribution >= 0.6 is 23.6 Å². The maximum Gasteiger partial charge on any atom is 0.229 e. The van der Waals surface area contributed by atoms with E-state index in [-0.39, 0.29) is 12.1 Å². The van der Waals surface area contributed by atoms with Gasteiger partial charge in [-0.05, 0) is 62.0 Å². The van der Waals surface area contributed by atoms with E-state index in [1.807, 2.05) is 34.5 Å². The van der Waals surface area contributed by atoms with Crippen molar-refractivity contribution in [2.24, 2.45) is 0 Å². The molecule has 2 atom stereocenters. The van der Waals surface area contributed by atoms with Crippen LogP contribution in [0.4, 0.5) is 11.4 Å². The van der Waals surface area contributed by atoms with Crippen LogP contribution in [0.3, 0.4) is 0 Å². The second kappa shape index (κ2) is 9.77. The molecule has 1 aliphatic rings. The quantitative estimate of drug-likeness (QED) is 0.322. The van der Waals surface area contributed by atoms with Crippen molar-refractivity contribution in [1.29, 1.82) is 0 Å². The number of sulfonamides is 1. The van der Waals surface area contributed by atoms with Gasteiger partial charge in [0.05, 0.1) is 36.8 Å². The summed E-state index contributed by atoms with van der Waals surface area (Å²) < 4.78 is 33.9. The monoisotopic (exact) mass is 554 g/mol. The summed E-state index contributed by atoms with van der Waals surface area (Å²) in [5.74, 6) is 0.388. The SMILES string of the molecule is COc1cc(N2C(=S)N[C@H](c3ccccn3)[C@H]2c2cc(C)n(-c3nccs3)c2C)ccc1NS(C)(=O)=O. The molecule has 5 rings (SSSR count). The van der Waals surface area contributed by atoms with E-state index in [4.69, 9.17) is 17.0 Å². The number of hydrogen-bond donors (Lipinski definition) is 2. The highest BCUT2D eigenvalue weighted by molar-refractivity contribution is 7.92. The molecule has 12 heteroatoms. The van der Waals surface area contributed by atoms with E-state index in [1.54, 1.807) is 35.9 Å². The first-order valence-corrected chi connectivity index (χ1v) is 14.6. The molecule has 1 aromatic carbocycles. The summed E-state index contributed by atoms with van der Waals surface area (Å²) in [6, 6.07) is 12.8. The van der Waals surface area contributed by atoms with E-state index in [2.05, 4.69) is 44.5 Å². The molecule has 0 unspecified atom stereocenters. The number of hydrogen-bond acceptors (Lipinski definition) is 7. The Hall–Kier alpha value is -3.48. The van der Waals surface area contributed by atoms with Gasteiger partial charge < -0.3 is 15.0 Å². The first-order valence-electron chi connectivity index (χ1n) is 11.4. The number of anilines is 2. The number of rotatable bonds is 7. The van der Waals surface area contributed by atoms with Crippen molar-refractivity contribution in [2.75, 3.05) is 23.0 Å². The Bertz CT molecular complexity index is 1550. The highest BCUT2D eigenvalue weighted by Gasteiger charge is 2.42. The predicted molar refractivity (Wildman–Crippen MR) is 150 cm³/mol. The van der Waals surface area contributed by atoms with E-state index in [9.17, 15) is 8.42 Å². The Morgan fingerprint density at radius 2 is 1.95 bits per heavy atom. The lowest BCUT2D eigenvalue weighted by Gasteiger charge is -2.28. The van der Waals surface area contributed by atoms with Crippen LogP contribution in [-0.2, 0) is 10.0 Å². The van der Waals surface area contributed by atoms with Crippen molar-refractivity contribution in [3.63, 3.8) is 0 Å². The summed E-state index contributed by atoms with van der Waals surface area (Å²) >= 11 is 7.43. The number of aryl methyl sites for hydroxylation is 1. The number of aromatic nitrogens is 3. The maximum atomic E-state index is 11.8. The minimum absolute atomic E-state index is 0.223. The summed E-state index contributed by atoms with van der Waals surface area (Å²) in [5, 5.41) is 6.86. The number of thiazole rings is 1. The lowest BCUT2D eigenvalue weighted by molar-refractivity contribution is 0.417. The van der Waals surface area contributed by atoms with Gasteiger partial charge in [0.1, 0.15) is 5.75 Å². The molecular weight excluding hydrogens is 529 g/mol. The molecule has 0 radical (unpaired) electrons. The van der Waals surface area contributed by atoms with E-state index < -0.39 is 10.0 Å². The summed E-state index contributed by atoms with van der Waals surface area (Å²) in [5.41, 5.74) is 5.16. The second-order valence-corrected chi connectivity index (χ2v) is 11.7. The van der Waals surface area contributed by atoms with Gasteiger partial charge in [0.15, 0.2) is 10.2 Å². The fourth-order valence-electron chi connectivity index (χ4n) is 4.77. The van der Waals surface area contributed by atoms with Gasteiger partial charge in [-0.25, -0.2) is 13.4 Å². The smallest absolute Gasteiger partial charge is 0.229 e. The number of pyridine rings is 1. The lowest BCUT2D eigenvalue weighted by atomic mass is 9.96. The summed E-state index contributed by atoms with van der Waals surface area (Å²) in [6.07, 6.45) is 4.67.